The molecule has 0 spiro atoms. The number of hydrogen-bond acceptors (Lipinski definition) is 3. The van der Waals surface area contributed by atoms with Crippen LogP contribution in [0.3, 0.4) is 0 Å². The van der Waals surface area contributed by atoms with Crippen LogP contribution in [-0.2, 0) is 6.42 Å². The second-order valence-corrected chi connectivity index (χ2v) is 7.55. The topological polar surface area (TPSA) is 38.8 Å². The van der Waals surface area contributed by atoms with Crippen LogP contribution in [0.5, 0.6) is 0 Å². The monoisotopic (exact) mass is 386 g/mol. The molecular formula is C18H28Cl2N4O. The van der Waals surface area contributed by atoms with E-state index in [9.17, 15) is 4.79 Å². The lowest BCUT2D eigenvalue weighted by atomic mass is 10.1. The molecule has 0 saturated carbocycles. The predicted molar refractivity (Wildman–Crippen MR) is 105 cm³/mol. The molecule has 140 valence electrons. The van der Waals surface area contributed by atoms with E-state index in [0.29, 0.717) is 5.02 Å². The van der Waals surface area contributed by atoms with Crippen LogP contribution in [0.2, 0.25) is 10.0 Å². The van der Waals surface area contributed by atoms with Crippen LogP contribution in [0.25, 0.3) is 0 Å². The van der Waals surface area contributed by atoms with E-state index in [-0.39, 0.29) is 6.03 Å². The van der Waals surface area contributed by atoms with Crippen LogP contribution in [0.1, 0.15) is 12.0 Å². The molecule has 0 aliphatic carbocycles. The van der Waals surface area contributed by atoms with E-state index in [4.69, 9.17) is 23.2 Å². The van der Waals surface area contributed by atoms with E-state index in [0.717, 1.165) is 69.2 Å². The summed E-state index contributed by atoms with van der Waals surface area (Å²) >= 11 is 12.2. The number of halogens is 2. The minimum atomic E-state index is 0.0548. The lowest BCUT2D eigenvalue weighted by Crippen LogP contribution is -2.52. The van der Waals surface area contributed by atoms with Crippen LogP contribution < -0.4 is 5.32 Å². The third-order valence-electron chi connectivity index (χ3n) is 4.43. The van der Waals surface area contributed by atoms with Gasteiger partial charge in [0, 0.05) is 49.3 Å². The van der Waals surface area contributed by atoms with Crippen molar-refractivity contribution >= 4 is 29.2 Å². The van der Waals surface area contributed by atoms with Gasteiger partial charge in [-0.15, -0.1) is 0 Å². The molecular weight excluding hydrogens is 359 g/mol. The lowest BCUT2D eigenvalue weighted by Gasteiger charge is -2.34. The first kappa shape index (κ1) is 20.3. The number of hydrogen-bond donors (Lipinski definition) is 1. The number of piperazine rings is 1. The molecule has 1 heterocycles. The van der Waals surface area contributed by atoms with Gasteiger partial charge in [0.2, 0.25) is 0 Å². The number of nitrogens with zero attached hydrogens (tertiary/aromatic N) is 3. The van der Waals surface area contributed by atoms with Gasteiger partial charge in [-0.25, -0.2) is 4.79 Å². The second kappa shape index (κ2) is 10.2. The molecule has 1 aliphatic heterocycles. The van der Waals surface area contributed by atoms with Gasteiger partial charge in [-0.2, -0.15) is 0 Å². The molecule has 2 amide bonds. The third-order valence-corrected chi connectivity index (χ3v) is 5.02. The van der Waals surface area contributed by atoms with Gasteiger partial charge in [0.15, 0.2) is 0 Å². The van der Waals surface area contributed by atoms with E-state index in [2.05, 4.69) is 15.1 Å². The molecule has 2 rings (SSSR count). The van der Waals surface area contributed by atoms with Crippen molar-refractivity contribution < 1.29 is 4.79 Å². The average molecular weight is 387 g/mol. The standard InChI is InChI=1S/C18H28Cl2N4O/c1-22(2)8-3-7-21-18(25)24-12-10-23(11-13-24)9-6-15-4-5-16(19)14-17(15)20/h4-5,14H,3,6-13H2,1-2H3,(H,21,25). The van der Waals surface area contributed by atoms with Gasteiger partial charge < -0.3 is 15.1 Å². The summed E-state index contributed by atoms with van der Waals surface area (Å²) < 4.78 is 0. The first-order valence-electron chi connectivity index (χ1n) is 8.79. The number of nitrogens with one attached hydrogen (secondary N) is 1. The van der Waals surface area contributed by atoms with E-state index in [1.165, 1.54) is 0 Å². The maximum absolute atomic E-state index is 12.2. The van der Waals surface area contributed by atoms with Crippen molar-refractivity contribution in [2.24, 2.45) is 0 Å². The van der Waals surface area contributed by atoms with Crippen molar-refractivity contribution in [3.8, 4) is 0 Å². The van der Waals surface area contributed by atoms with E-state index in [1.54, 1.807) is 6.07 Å². The number of urea groups is 1. The molecule has 1 aromatic carbocycles. The molecule has 25 heavy (non-hydrogen) atoms. The summed E-state index contributed by atoms with van der Waals surface area (Å²) in [5, 5.41) is 4.40. The Kier molecular flexibility index (Phi) is 8.30. The Morgan fingerprint density at radius 2 is 1.92 bits per heavy atom. The van der Waals surface area contributed by atoms with Crippen LogP contribution >= 0.6 is 23.2 Å². The van der Waals surface area contributed by atoms with Crippen molar-refractivity contribution in [3.05, 3.63) is 33.8 Å². The Morgan fingerprint density at radius 3 is 2.56 bits per heavy atom. The van der Waals surface area contributed by atoms with Crippen molar-refractivity contribution in [2.75, 3.05) is 59.9 Å². The van der Waals surface area contributed by atoms with Gasteiger partial charge in [-0.05, 0) is 51.2 Å². The van der Waals surface area contributed by atoms with E-state index >= 15 is 0 Å². The number of benzene rings is 1. The van der Waals surface area contributed by atoms with E-state index in [1.807, 2.05) is 31.1 Å². The Hall–Kier alpha value is -1.01. The summed E-state index contributed by atoms with van der Waals surface area (Å²) in [6.07, 6.45) is 1.87. The Bertz CT molecular complexity index is 560. The zero-order chi connectivity index (χ0) is 18.2. The number of rotatable bonds is 7. The zero-order valence-corrected chi connectivity index (χ0v) is 16.6. The van der Waals surface area contributed by atoms with Gasteiger partial charge in [-0.1, -0.05) is 29.3 Å². The molecule has 1 N–H and O–H groups in total. The summed E-state index contributed by atoms with van der Waals surface area (Å²) in [7, 11) is 4.08. The highest BCUT2D eigenvalue weighted by Crippen LogP contribution is 2.21. The van der Waals surface area contributed by atoms with Crippen LogP contribution in [-0.4, -0.2) is 80.6 Å². The molecule has 1 saturated heterocycles. The highest BCUT2D eigenvalue weighted by atomic mass is 35.5. The van der Waals surface area contributed by atoms with Gasteiger partial charge in [0.25, 0.3) is 0 Å². The Morgan fingerprint density at radius 1 is 1.20 bits per heavy atom. The summed E-state index contributed by atoms with van der Waals surface area (Å²) in [4.78, 5) is 18.6. The SMILES string of the molecule is CN(C)CCCNC(=O)N1CCN(CCc2ccc(Cl)cc2Cl)CC1. The van der Waals surface area contributed by atoms with Crippen molar-refractivity contribution in [1.29, 1.82) is 0 Å². The zero-order valence-electron chi connectivity index (χ0n) is 15.1. The first-order valence-corrected chi connectivity index (χ1v) is 9.55. The second-order valence-electron chi connectivity index (χ2n) is 6.70. The lowest BCUT2D eigenvalue weighted by molar-refractivity contribution is 0.140. The normalized spacial score (nSPS) is 15.6. The maximum atomic E-state index is 12.2. The first-order chi connectivity index (χ1) is 12.0. The van der Waals surface area contributed by atoms with Gasteiger partial charge in [-0.3, -0.25) is 4.90 Å². The van der Waals surface area contributed by atoms with Crippen LogP contribution in [0, 0.1) is 0 Å². The molecule has 0 aromatic heterocycles. The molecule has 1 fully saturated rings. The van der Waals surface area contributed by atoms with Gasteiger partial charge in [0.05, 0.1) is 0 Å². The summed E-state index contributed by atoms with van der Waals surface area (Å²) in [5.41, 5.74) is 1.12. The summed E-state index contributed by atoms with van der Waals surface area (Å²) in [6.45, 7) is 6.00. The molecule has 5 nitrogen and oxygen atoms in total. The van der Waals surface area contributed by atoms with Crippen molar-refractivity contribution in [1.82, 2.24) is 20.0 Å². The minimum absolute atomic E-state index is 0.0548. The Balaban J connectivity index is 1.66. The fourth-order valence-electron chi connectivity index (χ4n) is 2.88. The van der Waals surface area contributed by atoms with E-state index < -0.39 is 0 Å². The minimum Gasteiger partial charge on any atom is -0.338 e. The fraction of sp³-hybridized carbons (Fsp3) is 0.611. The van der Waals surface area contributed by atoms with Crippen LogP contribution in [0.4, 0.5) is 4.79 Å². The maximum Gasteiger partial charge on any atom is 0.317 e. The average Bonchev–Trinajstić information content (AvgIpc) is 2.58. The molecule has 0 bridgehead atoms. The third kappa shape index (κ3) is 7.02. The molecule has 7 heteroatoms. The van der Waals surface area contributed by atoms with Gasteiger partial charge in [0.1, 0.15) is 0 Å². The molecule has 0 radical (unpaired) electrons. The number of carbonyl (C=O) groups excluding carboxylic acids is 1. The molecule has 0 unspecified atom stereocenters. The van der Waals surface area contributed by atoms with Gasteiger partial charge >= 0.3 is 6.03 Å². The molecule has 1 aliphatic rings. The highest BCUT2D eigenvalue weighted by molar-refractivity contribution is 6.35. The Labute approximate surface area is 160 Å². The molecule has 0 atom stereocenters. The summed E-state index contributed by atoms with van der Waals surface area (Å²) in [6, 6.07) is 5.71. The predicted octanol–water partition coefficient (Wildman–Crippen LogP) is 2.81. The largest absolute Gasteiger partial charge is 0.338 e. The van der Waals surface area contributed by atoms with Crippen molar-refractivity contribution in [3.63, 3.8) is 0 Å². The quantitative estimate of drug-likeness (QED) is 0.732. The summed E-state index contributed by atoms with van der Waals surface area (Å²) in [5.74, 6) is 0. The molecule has 1 aromatic rings. The smallest absolute Gasteiger partial charge is 0.317 e. The number of carbonyl (C=O) groups is 1. The fourth-order valence-corrected chi connectivity index (χ4v) is 3.38. The number of amides is 2. The van der Waals surface area contributed by atoms with Crippen molar-refractivity contribution in [2.45, 2.75) is 12.8 Å². The highest BCUT2D eigenvalue weighted by Gasteiger charge is 2.20. The van der Waals surface area contributed by atoms with Crippen LogP contribution in [0.15, 0.2) is 18.2 Å².